The standard InChI is InChI=1S/C58H36S2/c1-5-17-37(18-6-1)43-29-31-51-49(35-43)53(39-21-9-3-10-22-39)57(59-51)55-45-27-15-16-28-46(45)56(48-34-42-26-14-13-25-41(42)33-47(48)55)58-54(40-23-11-4-12-24-40)50-36-44(30-32-52(50)60-58)38-19-7-2-8-20-38/h1-36H. The molecule has 10 aromatic carbocycles. The molecular formula is C58H36S2. The van der Waals surface area contributed by atoms with Gasteiger partial charge in [-0.15, -0.1) is 22.7 Å². The Kier molecular flexibility index (Phi) is 8.33. The first-order chi connectivity index (χ1) is 29.8. The summed E-state index contributed by atoms with van der Waals surface area (Å²) in [5, 5.41) is 10.1. The molecule has 0 fully saturated rings. The Labute approximate surface area is 356 Å². The van der Waals surface area contributed by atoms with Gasteiger partial charge in [-0.2, -0.15) is 0 Å². The van der Waals surface area contributed by atoms with E-state index in [0.29, 0.717) is 0 Å². The molecule has 60 heavy (non-hydrogen) atoms. The van der Waals surface area contributed by atoms with Crippen LogP contribution >= 0.6 is 22.7 Å². The van der Waals surface area contributed by atoms with Gasteiger partial charge in [0, 0.05) is 52.2 Å². The van der Waals surface area contributed by atoms with Crippen LogP contribution in [-0.2, 0) is 0 Å². The Balaban J connectivity index is 1.22. The minimum absolute atomic E-state index is 1.23. The molecule has 2 aromatic heterocycles. The van der Waals surface area contributed by atoms with Gasteiger partial charge in [0.25, 0.3) is 0 Å². The lowest BCUT2D eigenvalue weighted by Crippen LogP contribution is -1.92. The molecule has 0 aliphatic carbocycles. The number of hydrogen-bond acceptors (Lipinski definition) is 2. The van der Waals surface area contributed by atoms with Crippen molar-refractivity contribution in [1.82, 2.24) is 0 Å². The topological polar surface area (TPSA) is 0 Å². The zero-order valence-corrected chi connectivity index (χ0v) is 34.2. The average Bonchev–Trinajstić information content (AvgIpc) is 3.89. The third kappa shape index (κ3) is 5.72. The van der Waals surface area contributed by atoms with Crippen LogP contribution in [0.2, 0.25) is 0 Å². The summed E-state index contributed by atoms with van der Waals surface area (Å²) < 4.78 is 2.58. The van der Waals surface area contributed by atoms with Crippen molar-refractivity contribution in [1.29, 1.82) is 0 Å². The summed E-state index contributed by atoms with van der Waals surface area (Å²) in [4.78, 5) is 2.60. The normalized spacial score (nSPS) is 11.7. The summed E-state index contributed by atoms with van der Waals surface area (Å²) in [6.45, 7) is 0. The molecule has 0 N–H and O–H groups in total. The molecule has 0 spiro atoms. The second kappa shape index (κ2) is 14.3. The van der Waals surface area contributed by atoms with Gasteiger partial charge < -0.3 is 0 Å². The Bertz CT molecular complexity index is 3320. The van der Waals surface area contributed by atoms with Crippen LogP contribution in [0, 0.1) is 0 Å². The highest BCUT2D eigenvalue weighted by Gasteiger charge is 2.26. The van der Waals surface area contributed by atoms with E-state index in [-0.39, 0.29) is 0 Å². The summed E-state index contributed by atoms with van der Waals surface area (Å²) in [5.41, 5.74) is 12.6. The van der Waals surface area contributed by atoms with E-state index in [9.17, 15) is 0 Å². The lowest BCUT2D eigenvalue weighted by Gasteiger charge is -2.19. The highest BCUT2D eigenvalue weighted by atomic mass is 32.1. The van der Waals surface area contributed by atoms with Gasteiger partial charge in [-0.25, -0.2) is 0 Å². The van der Waals surface area contributed by atoms with E-state index in [1.807, 2.05) is 22.7 Å². The van der Waals surface area contributed by atoms with Crippen molar-refractivity contribution in [2.24, 2.45) is 0 Å². The van der Waals surface area contributed by atoms with Crippen molar-refractivity contribution < 1.29 is 0 Å². The molecule has 2 heterocycles. The van der Waals surface area contributed by atoms with E-state index in [4.69, 9.17) is 0 Å². The minimum atomic E-state index is 1.23. The van der Waals surface area contributed by atoms with Crippen LogP contribution in [0.25, 0.3) is 118 Å². The summed E-state index contributed by atoms with van der Waals surface area (Å²) in [6, 6.07) is 80.6. The van der Waals surface area contributed by atoms with Crippen molar-refractivity contribution in [3.63, 3.8) is 0 Å². The average molecular weight is 797 g/mol. The summed E-state index contributed by atoms with van der Waals surface area (Å²) in [6.07, 6.45) is 0. The fraction of sp³-hybridized carbons (Fsp3) is 0. The monoisotopic (exact) mass is 796 g/mol. The number of fused-ring (bicyclic) bond motifs is 5. The molecule has 12 aromatic rings. The summed E-state index contributed by atoms with van der Waals surface area (Å²) in [7, 11) is 0. The molecule has 2 heteroatoms. The molecule has 12 rings (SSSR count). The van der Waals surface area contributed by atoms with Gasteiger partial charge in [0.15, 0.2) is 0 Å². The van der Waals surface area contributed by atoms with Crippen LogP contribution in [0.1, 0.15) is 0 Å². The fourth-order valence-corrected chi connectivity index (χ4v) is 11.9. The second-order valence-electron chi connectivity index (χ2n) is 15.5. The summed E-state index contributed by atoms with van der Waals surface area (Å²) in [5.74, 6) is 0. The fourth-order valence-electron chi connectivity index (χ4n) is 9.30. The first-order valence-corrected chi connectivity index (χ1v) is 22.1. The van der Waals surface area contributed by atoms with Crippen molar-refractivity contribution in [3.8, 4) is 65.4 Å². The first kappa shape index (κ1) is 34.9. The van der Waals surface area contributed by atoms with E-state index in [2.05, 4.69) is 218 Å². The predicted molar refractivity (Wildman–Crippen MR) is 262 cm³/mol. The van der Waals surface area contributed by atoms with Crippen LogP contribution < -0.4 is 0 Å². The van der Waals surface area contributed by atoms with Crippen molar-refractivity contribution in [2.75, 3.05) is 0 Å². The highest BCUT2D eigenvalue weighted by molar-refractivity contribution is 7.23. The van der Waals surface area contributed by atoms with E-state index >= 15 is 0 Å². The molecule has 0 unspecified atom stereocenters. The Morgan fingerprint density at radius 1 is 0.217 bits per heavy atom. The van der Waals surface area contributed by atoms with Crippen molar-refractivity contribution in [2.45, 2.75) is 0 Å². The van der Waals surface area contributed by atoms with Crippen LogP contribution in [0.15, 0.2) is 218 Å². The minimum Gasteiger partial charge on any atom is -0.134 e. The van der Waals surface area contributed by atoms with E-state index in [1.165, 1.54) is 118 Å². The molecule has 0 radical (unpaired) electrons. The van der Waals surface area contributed by atoms with Crippen molar-refractivity contribution >= 4 is 75.2 Å². The SMILES string of the molecule is c1ccc(-c2ccc3sc(-c4c5ccccc5c(-c5sc6ccc(-c7ccccc7)cc6c5-c5ccccc5)c5cc6ccccc6cc45)c(-c4ccccc4)c3c2)cc1. The van der Waals surface area contributed by atoms with Gasteiger partial charge in [0.2, 0.25) is 0 Å². The van der Waals surface area contributed by atoms with E-state index < -0.39 is 0 Å². The first-order valence-electron chi connectivity index (χ1n) is 20.5. The Morgan fingerprint density at radius 2 is 0.567 bits per heavy atom. The second-order valence-corrected chi connectivity index (χ2v) is 17.6. The highest BCUT2D eigenvalue weighted by Crippen LogP contribution is 2.55. The molecule has 0 amide bonds. The van der Waals surface area contributed by atoms with Gasteiger partial charge in [-0.3, -0.25) is 0 Å². The van der Waals surface area contributed by atoms with Gasteiger partial charge in [0.1, 0.15) is 0 Å². The van der Waals surface area contributed by atoms with Gasteiger partial charge in [-0.05, 0) is 102 Å². The zero-order valence-electron chi connectivity index (χ0n) is 32.6. The van der Waals surface area contributed by atoms with Gasteiger partial charge >= 0.3 is 0 Å². The van der Waals surface area contributed by atoms with E-state index in [1.54, 1.807) is 0 Å². The molecule has 0 saturated carbocycles. The third-order valence-electron chi connectivity index (χ3n) is 12.1. The number of benzene rings is 10. The number of rotatable bonds is 6. The molecule has 280 valence electrons. The zero-order chi connectivity index (χ0) is 39.6. The van der Waals surface area contributed by atoms with Crippen LogP contribution in [-0.4, -0.2) is 0 Å². The van der Waals surface area contributed by atoms with Gasteiger partial charge in [-0.1, -0.05) is 182 Å². The maximum absolute atomic E-state index is 2.47. The van der Waals surface area contributed by atoms with Crippen molar-refractivity contribution in [3.05, 3.63) is 218 Å². The smallest absolute Gasteiger partial charge is 0.0446 e. The molecule has 0 nitrogen and oxygen atoms in total. The summed E-state index contributed by atoms with van der Waals surface area (Å²) >= 11 is 3.84. The van der Waals surface area contributed by atoms with Crippen LogP contribution in [0.5, 0.6) is 0 Å². The van der Waals surface area contributed by atoms with Crippen LogP contribution in [0.4, 0.5) is 0 Å². The molecular weight excluding hydrogens is 761 g/mol. The molecule has 0 aliphatic rings. The Hall–Kier alpha value is -7.10. The Morgan fingerprint density at radius 3 is 0.967 bits per heavy atom. The number of hydrogen-bond donors (Lipinski definition) is 0. The maximum atomic E-state index is 2.47. The van der Waals surface area contributed by atoms with Gasteiger partial charge in [0.05, 0.1) is 0 Å². The molecule has 0 aliphatic heterocycles. The maximum Gasteiger partial charge on any atom is 0.0446 e. The van der Waals surface area contributed by atoms with E-state index in [0.717, 1.165) is 0 Å². The van der Waals surface area contributed by atoms with Crippen LogP contribution in [0.3, 0.4) is 0 Å². The largest absolute Gasteiger partial charge is 0.134 e. The lowest BCUT2D eigenvalue weighted by atomic mass is 9.85. The molecule has 0 bridgehead atoms. The molecule has 0 saturated heterocycles. The predicted octanol–water partition coefficient (Wildman–Crippen LogP) is 17.6. The number of thiophene rings is 2. The lowest BCUT2D eigenvalue weighted by molar-refractivity contribution is 1.65. The quantitative estimate of drug-likeness (QED) is 0.147. The molecule has 0 atom stereocenters. The third-order valence-corrected chi connectivity index (χ3v) is 14.4.